The van der Waals surface area contributed by atoms with E-state index in [0.717, 1.165) is 0 Å². The number of halogens is 1. The number of nitrogens with one attached hydrogen (secondary N) is 1. The third-order valence-electron chi connectivity index (χ3n) is 2.96. The van der Waals surface area contributed by atoms with Gasteiger partial charge in [0.2, 0.25) is 11.8 Å². The molecule has 1 heterocycles. The molecule has 0 saturated heterocycles. The summed E-state index contributed by atoms with van der Waals surface area (Å²) in [6.45, 7) is 5.07. The van der Waals surface area contributed by atoms with E-state index in [1.54, 1.807) is 12.1 Å². The van der Waals surface area contributed by atoms with Crippen LogP contribution in [0.25, 0.3) is 0 Å². The monoisotopic (exact) mass is 365 g/mol. The van der Waals surface area contributed by atoms with E-state index in [9.17, 15) is 4.79 Å². The number of carbonyl (C=O) groups excluding carboxylic acids is 1. The zero-order chi connectivity index (χ0) is 18.2. The number of aromatic nitrogens is 1. The largest absolute Gasteiger partial charge is 0.458 e. The number of ether oxygens (including phenoxy) is 1. The summed E-state index contributed by atoms with van der Waals surface area (Å²) < 4.78 is 5.92. The maximum Gasteiger partial charge on any atom is 0.218 e. The first kappa shape index (κ1) is 20.2. The lowest BCUT2D eigenvalue weighted by atomic mass is 10.1. The van der Waals surface area contributed by atoms with Crippen LogP contribution in [-0.4, -0.2) is 27.6 Å². The number of hydrogen-bond donors (Lipinski definition) is 1. The summed E-state index contributed by atoms with van der Waals surface area (Å²) >= 11 is 7.22. The average molecular weight is 366 g/mol. The highest BCUT2D eigenvalue weighted by Gasteiger charge is 2.31. The normalized spacial score (nSPS) is 13.0. The van der Waals surface area contributed by atoms with Crippen LogP contribution in [0.2, 0.25) is 5.02 Å². The van der Waals surface area contributed by atoms with Gasteiger partial charge in [0.25, 0.3) is 0 Å². The second-order valence-corrected chi connectivity index (χ2v) is 7.24. The number of amides is 1. The molecule has 0 aliphatic heterocycles. The van der Waals surface area contributed by atoms with Crippen LogP contribution in [0.4, 0.5) is 0 Å². The first-order valence-electron chi connectivity index (χ1n) is 7.23. The lowest BCUT2D eigenvalue weighted by Gasteiger charge is -2.28. The fraction of sp³-hybridized carbons (Fsp3) is 0.471. The number of rotatable bonds is 6. The molecule has 0 aromatic carbocycles. The van der Waals surface area contributed by atoms with Gasteiger partial charge in [-0.2, -0.15) is 5.26 Å². The van der Waals surface area contributed by atoms with Gasteiger partial charge in [-0.25, -0.2) is 4.98 Å². The van der Waals surface area contributed by atoms with Crippen LogP contribution in [0.5, 0.6) is 5.88 Å². The van der Waals surface area contributed by atoms with E-state index < -0.39 is 10.5 Å². The minimum atomic E-state index is -0.838. The topological polar surface area (TPSA) is 75.0 Å². The lowest BCUT2D eigenvalue weighted by Crippen LogP contribution is -2.41. The number of nitriles is 1. The molecule has 0 spiro atoms. The predicted molar refractivity (Wildman–Crippen MR) is 96.6 cm³/mol. The fourth-order valence-corrected chi connectivity index (χ4v) is 2.63. The predicted octanol–water partition coefficient (Wildman–Crippen LogP) is 3.39. The minimum absolute atomic E-state index is 0.147. The Labute approximate surface area is 152 Å². The standard InChI is InChI=1S/C17H20ClN3O2S/c1-13(22)21-16(2,3)8-5-9-17(24-4,10-11-19)23-15-7-6-14(18)12-20-15/h6-7,12H,9-10H2,1-4H3,(H,21,22). The smallest absolute Gasteiger partial charge is 0.218 e. The molecule has 5 nitrogen and oxygen atoms in total. The molecule has 1 unspecified atom stereocenters. The van der Waals surface area contributed by atoms with Crippen molar-refractivity contribution in [2.75, 3.05) is 6.26 Å². The van der Waals surface area contributed by atoms with Gasteiger partial charge >= 0.3 is 0 Å². The zero-order valence-electron chi connectivity index (χ0n) is 14.1. The highest BCUT2D eigenvalue weighted by molar-refractivity contribution is 7.99. The van der Waals surface area contributed by atoms with E-state index in [-0.39, 0.29) is 12.3 Å². The van der Waals surface area contributed by atoms with Crippen LogP contribution in [-0.2, 0) is 4.79 Å². The molecule has 0 radical (unpaired) electrons. The summed E-state index contributed by atoms with van der Waals surface area (Å²) in [6, 6.07) is 5.46. The fourth-order valence-electron chi connectivity index (χ4n) is 1.93. The molecule has 0 aliphatic carbocycles. The van der Waals surface area contributed by atoms with Crippen LogP contribution in [0.3, 0.4) is 0 Å². The van der Waals surface area contributed by atoms with Gasteiger partial charge in [-0.05, 0) is 26.2 Å². The van der Waals surface area contributed by atoms with Crippen molar-refractivity contribution in [3.8, 4) is 23.8 Å². The SMILES string of the molecule is CSC(CC#N)(CC#CC(C)(C)NC(C)=O)Oc1ccc(Cl)cn1. The molecular weight excluding hydrogens is 346 g/mol. The van der Waals surface area contributed by atoms with E-state index in [0.29, 0.717) is 17.3 Å². The van der Waals surface area contributed by atoms with Crippen molar-refractivity contribution in [3.63, 3.8) is 0 Å². The number of pyridine rings is 1. The Balaban J connectivity index is 2.94. The number of carbonyl (C=O) groups is 1. The second-order valence-electron chi connectivity index (χ2n) is 5.65. The Hall–Kier alpha value is -1.89. The summed E-state index contributed by atoms with van der Waals surface area (Å²) in [5.41, 5.74) is -0.652. The molecule has 1 rings (SSSR count). The van der Waals surface area contributed by atoms with Gasteiger partial charge in [0.1, 0.15) is 0 Å². The van der Waals surface area contributed by atoms with Crippen LogP contribution in [0.15, 0.2) is 18.3 Å². The number of hydrogen-bond acceptors (Lipinski definition) is 5. The van der Waals surface area contributed by atoms with E-state index in [1.807, 2.05) is 20.1 Å². The third-order valence-corrected chi connectivity index (χ3v) is 4.30. The van der Waals surface area contributed by atoms with Crippen LogP contribution in [0.1, 0.15) is 33.6 Å². The van der Waals surface area contributed by atoms with Crippen molar-refractivity contribution in [1.82, 2.24) is 10.3 Å². The second kappa shape index (κ2) is 8.82. The van der Waals surface area contributed by atoms with E-state index in [2.05, 4.69) is 28.2 Å². The number of nitrogens with zero attached hydrogens (tertiary/aromatic N) is 2. The Morgan fingerprint density at radius 1 is 1.46 bits per heavy atom. The summed E-state index contributed by atoms with van der Waals surface area (Å²) in [4.78, 5) is 14.4. The van der Waals surface area contributed by atoms with Crippen LogP contribution >= 0.6 is 23.4 Å². The van der Waals surface area contributed by atoms with Crippen molar-refractivity contribution in [2.24, 2.45) is 0 Å². The molecule has 0 bridgehead atoms. The molecule has 24 heavy (non-hydrogen) atoms. The molecule has 0 saturated carbocycles. The average Bonchev–Trinajstić information content (AvgIpc) is 2.48. The first-order chi connectivity index (χ1) is 11.2. The number of thioether (sulfide) groups is 1. The van der Waals surface area contributed by atoms with Gasteiger partial charge in [-0.1, -0.05) is 23.4 Å². The van der Waals surface area contributed by atoms with Crippen molar-refractivity contribution in [1.29, 1.82) is 5.26 Å². The summed E-state index contributed by atoms with van der Waals surface area (Å²) in [7, 11) is 0. The summed E-state index contributed by atoms with van der Waals surface area (Å²) in [5, 5.41) is 12.4. The van der Waals surface area contributed by atoms with Crippen molar-refractivity contribution in [2.45, 2.75) is 44.1 Å². The molecule has 128 valence electrons. The summed E-state index contributed by atoms with van der Waals surface area (Å²) in [5.74, 6) is 6.26. The van der Waals surface area contributed by atoms with Crippen LogP contribution < -0.4 is 10.1 Å². The van der Waals surface area contributed by atoms with Gasteiger partial charge < -0.3 is 10.1 Å². The maximum absolute atomic E-state index is 11.2. The van der Waals surface area contributed by atoms with Gasteiger partial charge in [0, 0.05) is 19.2 Å². The first-order valence-corrected chi connectivity index (χ1v) is 8.84. The molecule has 1 amide bonds. The molecular formula is C17H20ClN3O2S. The van der Waals surface area contributed by atoms with Gasteiger partial charge in [-0.3, -0.25) is 4.79 Å². The highest BCUT2D eigenvalue weighted by atomic mass is 35.5. The molecule has 1 aromatic heterocycles. The quantitative estimate of drug-likeness (QED) is 0.617. The van der Waals surface area contributed by atoms with Gasteiger partial charge in [-0.15, -0.1) is 11.8 Å². The van der Waals surface area contributed by atoms with E-state index in [1.165, 1.54) is 24.9 Å². The zero-order valence-corrected chi connectivity index (χ0v) is 15.7. The molecule has 0 fully saturated rings. The Bertz CT molecular complexity index is 674. The van der Waals surface area contributed by atoms with Gasteiger partial charge in [0.15, 0.2) is 4.93 Å². The molecule has 1 atom stereocenters. The Morgan fingerprint density at radius 3 is 2.67 bits per heavy atom. The highest BCUT2D eigenvalue weighted by Crippen LogP contribution is 2.33. The molecule has 1 aromatic rings. The van der Waals surface area contributed by atoms with E-state index in [4.69, 9.17) is 21.6 Å². The lowest BCUT2D eigenvalue weighted by molar-refractivity contribution is -0.119. The van der Waals surface area contributed by atoms with Crippen molar-refractivity contribution < 1.29 is 9.53 Å². The molecule has 0 aliphatic rings. The molecule has 7 heteroatoms. The van der Waals surface area contributed by atoms with Crippen LogP contribution in [0, 0.1) is 23.2 Å². The summed E-state index contributed by atoms with van der Waals surface area (Å²) in [6.07, 6.45) is 3.80. The maximum atomic E-state index is 11.2. The van der Waals surface area contributed by atoms with Gasteiger partial charge in [0.05, 0.1) is 29.5 Å². The Kier molecular flexibility index (Phi) is 7.41. The van der Waals surface area contributed by atoms with E-state index >= 15 is 0 Å². The molecule has 1 N–H and O–H groups in total. The minimum Gasteiger partial charge on any atom is -0.458 e. The Morgan fingerprint density at radius 2 is 2.17 bits per heavy atom. The third kappa shape index (κ3) is 6.70. The van der Waals surface area contributed by atoms with Crippen molar-refractivity contribution in [3.05, 3.63) is 23.4 Å². The van der Waals surface area contributed by atoms with Crippen molar-refractivity contribution >= 4 is 29.3 Å².